The minimum atomic E-state index is -0.308. The molecule has 3 rings (SSSR count). The predicted molar refractivity (Wildman–Crippen MR) is 111 cm³/mol. The van der Waals surface area contributed by atoms with Gasteiger partial charge in [-0.3, -0.25) is 9.59 Å². The lowest BCUT2D eigenvalue weighted by molar-refractivity contribution is 0.0938. The van der Waals surface area contributed by atoms with Gasteiger partial charge in [0.15, 0.2) is 0 Å². The molecule has 0 bridgehead atoms. The third kappa shape index (κ3) is 5.47. The van der Waals surface area contributed by atoms with Gasteiger partial charge in [0.2, 0.25) is 5.01 Å². The Bertz CT molecular complexity index is 939. The lowest BCUT2D eigenvalue weighted by Crippen LogP contribution is -2.32. The fourth-order valence-corrected chi connectivity index (χ4v) is 3.27. The summed E-state index contributed by atoms with van der Waals surface area (Å²) in [6.07, 6.45) is 1.78. The number of carbonyl (C=O) groups is 2. The normalized spacial score (nSPS) is 11.6. The number of benzene rings is 2. The van der Waals surface area contributed by atoms with Crippen LogP contribution in [0.15, 0.2) is 54.6 Å². The number of hydrogen-bond acceptors (Lipinski definition) is 5. The van der Waals surface area contributed by atoms with Gasteiger partial charge in [-0.05, 0) is 56.5 Å². The zero-order valence-electron chi connectivity index (χ0n) is 15.8. The summed E-state index contributed by atoms with van der Waals surface area (Å²) in [4.78, 5) is 24.5. The molecule has 0 saturated carbocycles. The second-order valence-corrected chi connectivity index (χ2v) is 7.74. The van der Waals surface area contributed by atoms with Crippen LogP contribution < -0.4 is 10.6 Å². The molecule has 0 aliphatic rings. The minimum Gasteiger partial charge on any atom is -0.350 e. The molecule has 2 amide bonds. The van der Waals surface area contributed by atoms with Crippen LogP contribution in [0.4, 0.5) is 5.69 Å². The van der Waals surface area contributed by atoms with E-state index in [0.29, 0.717) is 16.3 Å². The summed E-state index contributed by atoms with van der Waals surface area (Å²) in [5.41, 5.74) is 2.41. The van der Waals surface area contributed by atoms with Gasteiger partial charge in [0.05, 0.1) is 0 Å². The van der Waals surface area contributed by atoms with Gasteiger partial charge in [-0.15, -0.1) is 10.2 Å². The van der Waals surface area contributed by atoms with Crippen molar-refractivity contribution >= 4 is 28.8 Å². The van der Waals surface area contributed by atoms with Gasteiger partial charge < -0.3 is 10.6 Å². The Morgan fingerprint density at radius 3 is 2.36 bits per heavy atom. The molecule has 7 heteroatoms. The molecule has 2 N–H and O–H groups in total. The van der Waals surface area contributed by atoms with Gasteiger partial charge in [0.1, 0.15) is 5.01 Å². The maximum Gasteiger partial charge on any atom is 0.286 e. The average Bonchev–Trinajstić information content (AvgIpc) is 3.14. The van der Waals surface area contributed by atoms with E-state index in [1.807, 2.05) is 25.1 Å². The third-order valence-corrected chi connectivity index (χ3v) is 5.05. The second kappa shape index (κ2) is 9.23. The first kappa shape index (κ1) is 19.7. The van der Waals surface area contributed by atoms with Gasteiger partial charge in [-0.2, -0.15) is 0 Å². The van der Waals surface area contributed by atoms with Crippen LogP contribution in [-0.4, -0.2) is 28.1 Å². The van der Waals surface area contributed by atoms with Gasteiger partial charge in [-0.25, -0.2) is 0 Å². The van der Waals surface area contributed by atoms with E-state index in [0.717, 1.165) is 17.8 Å². The Morgan fingerprint density at radius 1 is 1.00 bits per heavy atom. The molecule has 1 heterocycles. The van der Waals surface area contributed by atoms with Crippen molar-refractivity contribution in [2.45, 2.75) is 32.7 Å². The number of aryl methyl sites for hydroxylation is 2. The topological polar surface area (TPSA) is 84.0 Å². The Hall–Kier alpha value is -3.06. The Labute approximate surface area is 168 Å². The van der Waals surface area contributed by atoms with Gasteiger partial charge >= 0.3 is 0 Å². The highest BCUT2D eigenvalue weighted by Crippen LogP contribution is 2.14. The standard InChI is InChI=1S/C21H22N4O2S/c1-14(8-9-16-6-4-3-5-7-16)22-19(26)17-10-12-18(13-11-17)23-20(27)21-25-24-15(2)28-21/h3-7,10-14H,8-9H2,1-2H3,(H,22,26)(H,23,27). The first-order valence-electron chi connectivity index (χ1n) is 9.07. The highest BCUT2D eigenvalue weighted by Gasteiger charge is 2.13. The zero-order valence-corrected chi connectivity index (χ0v) is 16.6. The van der Waals surface area contributed by atoms with Crippen LogP contribution in [-0.2, 0) is 6.42 Å². The summed E-state index contributed by atoms with van der Waals surface area (Å²) in [5, 5.41) is 14.5. The fourth-order valence-electron chi connectivity index (χ4n) is 2.68. The molecule has 0 aliphatic carbocycles. The number of nitrogens with one attached hydrogen (secondary N) is 2. The van der Waals surface area contributed by atoms with E-state index in [2.05, 4.69) is 33.0 Å². The molecule has 1 atom stereocenters. The Kier molecular flexibility index (Phi) is 6.49. The number of rotatable bonds is 7. The lowest BCUT2D eigenvalue weighted by atomic mass is 10.1. The number of nitrogens with zero attached hydrogens (tertiary/aromatic N) is 2. The molecule has 3 aromatic rings. The molecule has 1 aromatic heterocycles. The molecule has 0 aliphatic heterocycles. The predicted octanol–water partition coefficient (Wildman–Crippen LogP) is 3.85. The molecule has 2 aromatic carbocycles. The fraction of sp³-hybridized carbons (Fsp3) is 0.238. The largest absolute Gasteiger partial charge is 0.350 e. The van der Waals surface area contributed by atoms with Crippen molar-refractivity contribution in [1.82, 2.24) is 15.5 Å². The number of hydrogen-bond donors (Lipinski definition) is 2. The molecule has 28 heavy (non-hydrogen) atoms. The maximum absolute atomic E-state index is 12.4. The molecular formula is C21H22N4O2S. The lowest BCUT2D eigenvalue weighted by Gasteiger charge is -2.14. The highest BCUT2D eigenvalue weighted by atomic mass is 32.1. The molecule has 1 unspecified atom stereocenters. The van der Waals surface area contributed by atoms with Crippen molar-refractivity contribution in [3.63, 3.8) is 0 Å². The van der Waals surface area contributed by atoms with Crippen LogP contribution >= 0.6 is 11.3 Å². The zero-order chi connectivity index (χ0) is 19.9. The summed E-state index contributed by atoms with van der Waals surface area (Å²) in [6.45, 7) is 3.79. The minimum absolute atomic E-state index is 0.0627. The van der Waals surface area contributed by atoms with E-state index in [1.54, 1.807) is 31.2 Å². The van der Waals surface area contributed by atoms with Crippen LogP contribution in [0.1, 0.15) is 44.1 Å². The number of amides is 2. The molecule has 0 fully saturated rings. The van der Waals surface area contributed by atoms with E-state index in [9.17, 15) is 9.59 Å². The summed E-state index contributed by atoms with van der Waals surface area (Å²) in [5.74, 6) is -0.435. The molecule has 0 radical (unpaired) electrons. The number of anilines is 1. The highest BCUT2D eigenvalue weighted by molar-refractivity contribution is 7.13. The first-order chi connectivity index (χ1) is 13.5. The van der Waals surface area contributed by atoms with Crippen molar-refractivity contribution in [1.29, 1.82) is 0 Å². The van der Waals surface area contributed by atoms with Gasteiger partial charge in [0.25, 0.3) is 11.8 Å². The SMILES string of the molecule is Cc1nnc(C(=O)Nc2ccc(C(=O)NC(C)CCc3ccccc3)cc2)s1. The van der Waals surface area contributed by atoms with E-state index in [4.69, 9.17) is 0 Å². The van der Waals surface area contributed by atoms with Crippen LogP contribution in [0.25, 0.3) is 0 Å². The van der Waals surface area contributed by atoms with Crippen molar-refractivity contribution in [3.05, 3.63) is 75.7 Å². The summed E-state index contributed by atoms with van der Waals surface area (Å²) < 4.78 is 0. The van der Waals surface area contributed by atoms with Crippen LogP contribution in [0.3, 0.4) is 0 Å². The quantitative estimate of drug-likeness (QED) is 0.637. The van der Waals surface area contributed by atoms with Gasteiger partial charge in [0, 0.05) is 17.3 Å². The summed E-state index contributed by atoms with van der Waals surface area (Å²) in [6, 6.07) is 17.1. The monoisotopic (exact) mass is 394 g/mol. The van der Waals surface area contributed by atoms with E-state index < -0.39 is 0 Å². The molecule has 6 nitrogen and oxygen atoms in total. The third-order valence-electron chi connectivity index (χ3n) is 4.21. The van der Waals surface area contributed by atoms with Crippen LogP contribution in [0.5, 0.6) is 0 Å². The van der Waals surface area contributed by atoms with Crippen LogP contribution in [0.2, 0.25) is 0 Å². The molecular weight excluding hydrogens is 372 g/mol. The van der Waals surface area contributed by atoms with E-state index in [-0.39, 0.29) is 17.9 Å². The second-order valence-electron chi connectivity index (χ2n) is 6.56. The van der Waals surface area contributed by atoms with E-state index >= 15 is 0 Å². The molecule has 0 saturated heterocycles. The smallest absolute Gasteiger partial charge is 0.286 e. The summed E-state index contributed by atoms with van der Waals surface area (Å²) in [7, 11) is 0. The van der Waals surface area contributed by atoms with Crippen molar-refractivity contribution in [2.24, 2.45) is 0 Å². The number of carbonyl (C=O) groups excluding carboxylic acids is 2. The first-order valence-corrected chi connectivity index (χ1v) is 9.89. The summed E-state index contributed by atoms with van der Waals surface area (Å²) >= 11 is 1.23. The van der Waals surface area contributed by atoms with Crippen molar-refractivity contribution < 1.29 is 9.59 Å². The van der Waals surface area contributed by atoms with E-state index in [1.165, 1.54) is 16.9 Å². The van der Waals surface area contributed by atoms with Crippen molar-refractivity contribution in [2.75, 3.05) is 5.32 Å². The number of aromatic nitrogens is 2. The van der Waals surface area contributed by atoms with Crippen LogP contribution in [0, 0.1) is 6.92 Å². The van der Waals surface area contributed by atoms with Gasteiger partial charge in [-0.1, -0.05) is 41.7 Å². The van der Waals surface area contributed by atoms with Crippen molar-refractivity contribution in [3.8, 4) is 0 Å². The average molecular weight is 395 g/mol. The maximum atomic E-state index is 12.4. The molecule has 0 spiro atoms. The molecule has 144 valence electrons. The Morgan fingerprint density at radius 2 is 1.71 bits per heavy atom. The Balaban J connectivity index is 1.51.